The quantitative estimate of drug-likeness (QED) is 0.698. The van der Waals surface area contributed by atoms with Crippen LogP contribution < -0.4 is 5.32 Å². The Morgan fingerprint density at radius 1 is 1.18 bits per heavy atom. The van der Waals surface area contributed by atoms with Gasteiger partial charge >= 0.3 is 0 Å². The number of piperidine rings is 1. The van der Waals surface area contributed by atoms with Crippen molar-refractivity contribution in [3.63, 3.8) is 0 Å². The highest BCUT2D eigenvalue weighted by molar-refractivity contribution is 7.07. The van der Waals surface area contributed by atoms with E-state index >= 15 is 0 Å². The van der Waals surface area contributed by atoms with Gasteiger partial charge in [0, 0.05) is 30.6 Å². The van der Waals surface area contributed by atoms with Gasteiger partial charge in [0.15, 0.2) is 0 Å². The molecule has 0 bridgehead atoms. The summed E-state index contributed by atoms with van der Waals surface area (Å²) in [5.74, 6) is 0.254. The molecule has 144 valence electrons. The van der Waals surface area contributed by atoms with Gasteiger partial charge in [-0.2, -0.15) is 0 Å². The van der Waals surface area contributed by atoms with Gasteiger partial charge in [-0.3, -0.25) is 9.59 Å². The Balaban J connectivity index is 1.27. The van der Waals surface area contributed by atoms with Gasteiger partial charge in [0.25, 0.3) is 11.8 Å². The lowest BCUT2D eigenvalue weighted by Gasteiger charge is -2.32. The SMILES string of the molecule is O=C(NCC1CCN(C(=O)c2ccc(-n3cnnn3)cc2)CC1)c1cscn1. The minimum absolute atomic E-state index is 0.0215. The van der Waals surface area contributed by atoms with Crippen LogP contribution in [0.1, 0.15) is 33.7 Å². The monoisotopic (exact) mass is 397 g/mol. The average molecular weight is 397 g/mol. The fourth-order valence-electron chi connectivity index (χ4n) is 3.21. The van der Waals surface area contributed by atoms with Crippen molar-refractivity contribution in [3.8, 4) is 5.69 Å². The van der Waals surface area contributed by atoms with E-state index in [4.69, 9.17) is 0 Å². The van der Waals surface area contributed by atoms with Crippen LogP contribution in [0.4, 0.5) is 0 Å². The van der Waals surface area contributed by atoms with Crippen molar-refractivity contribution in [1.29, 1.82) is 0 Å². The summed E-state index contributed by atoms with van der Waals surface area (Å²) in [6.07, 6.45) is 3.24. The van der Waals surface area contributed by atoms with Crippen LogP contribution in [-0.4, -0.2) is 61.5 Å². The molecule has 2 aromatic heterocycles. The molecule has 2 amide bonds. The second kappa shape index (κ2) is 8.26. The summed E-state index contributed by atoms with van der Waals surface area (Å²) in [5, 5.41) is 15.7. The number of hydrogen-bond donors (Lipinski definition) is 1. The van der Waals surface area contributed by atoms with E-state index in [-0.39, 0.29) is 11.8 Å². The van der Waals surface area contributed by atoms with E-state index in [2.05, 4.69) is 25.8 Å². The van der Waals surface area contributed by atoms with Gasteiger partial charge in [0.1, 0.15) is 12.0 Å². The smallest absolute Gasteiger partial charge is 0.270 e. The molecular weight excluding hydrogens is 378 g/mol. The first-order chi connectivity index (χ1) is 13.7. The number of hydrogen-bond acceptors (Lipinski definition) is 7. The number of likely N-dealkylation sites (tertiary alicyclic amines) is 1. The maximum Gasteiger partial charge on any atom is 0.270 e. The van der Waals surface area contributed by atoms with Crippen molar-refractivity contribution in [2.24, 2.45) is 5.92 Å². The van der Waals surface area contributed by atoms with E-state index in [1.165, 1.54) is 17.7 Å². The van der Waals surface area contributed by atoms with Crippen LogP contribution in [0.25, 0.3) is 5.69 Å². The Morgan fingerprint density at radius 2 is 1.96 bits per heavy atom. The van der Waals surface area contributed by atoms with Crippen molar-refractivity contribution in [1.82, 2.24) is 35.4 Å². The summed E-state index contributed by atoms with van der Waals surface area (Å²) in [4.78, 5) is 30.6. The fraction of sp³-hybridized carbons (Fsp3) is 0.333. The maximum absolute atomic E-state index is 12.7. The lowest BCUT2D eigenvalue weighted by Crippen LogP contribution is -2.41. The van der Waals surface area contributed by atoms with Crippen LogP contribution in [0.3, 0.4) is 0 Å². The van der Waals surface area contributed by atoms with Gasteiger partial charge in [-0.1, -0.05) is 0 Å². The van der Waals surface area contributed by atoms with Crippen molar-refractivity contribution < 1.29 is 9.59 Å². The van der Waals surface area contributed by atoms with E-state index in [0.717, 1.165) is 18.5 Å². The summed E-state index contributed by atoms with van der Waals surface area (Å²) in [7, 11) is 0. The molecule has 1 N–H and O–H groups in total. The Bertz CT molecular complexity index is 918. The number of tetrazole rings is 1. The molecule has 0 atom stereocenters. The Morgan fingerprint density at radius 3 is 2.61 bits per heavy atom. The van der Waals surface area contributed by atoms with Crippen LogP contribution >= 0.6 is 11.3 Å². The molecule has 3 heterocycles. The van der Waals surface area contributed by atoms with Crippen molar-refractivity contribution in [2.75, 3.05) is 19.6 Å². The standard InChI is InChI=1S/C18H19N7O2S/c26-17(16-10-28-12-20-16)19-9-13-5-7-24(8-6-13)18(27)14-1-3-15(4-2-14)25-11-21-22-23-25/h1-4,10-13H,5-9H2,(H,19,26). The third-order valence-electron chi connectivity index (χ3n) is 4.85. The molecule has 1 saturated heterocycles. The van der Waals surface area contributed by atoms with E-state index in [1.807, 2.05) is 17.0 Å². The molecule has 4 rings (SSSR count). The lowest BCUT2D eigenvalue weighted by molar-refractivity contribution is 0.0684. The molecule has 10 heteroatoms. The number of carbonyl (C=O) groups excluding carboxylic acids is 2. The molecule has 0 spiro atoms. The number of thiazole rings is 1. The van der Waals surface area contributed by atoms with E-state index in [1.54, 1.807) is 27.7 Å². The maximum atomic E-state index is 12.7. The molecule has 1 aliphatic heterocycles. The molecule has 1 aromatic carbocycles. The van der Waals surface area contributed by atoms with E-state index in [0.29, 0.717) is 36.8 Å². The zero-order valence-electron chi connectivity index (χ0n) is 15.1. The van der Waals surface area contributed by atoms with Crippen molar-refractivity contribution >= 4 is 23.2 Å². The van der Waals surface area contributed by atoms with E-state index < -0.39 is 0 Å². The third-order valence-corrected chi connectivity index (χ3v) is 5.43. The average Bonchev–Trinajstić information content (AvgIpc) is 3.46. The Kier molecular flexibility index (Phi) is 5.38. The fourth-order valence-corrected chi connectivity index (χ4v) is 3.74. The summed E-state index contributed by atoms with van der Waals surface area (Å²) >= 11 is 1.40. The summed E-state index contributed by atoms with van der Waals surface area (Å²) in [6.45, 7) is 1.98. The van der Waals surface area contributed by atoms with Crippen LogP contribution in [0.2, 0.25) is 0 Å². The van der Waals surface area contributed by atoms with Crippen LogP contribution in [0.15, 0.2) is 41.5 Å². The van der Waals surface area contributed by atoms with Crippen LogP contribution in [-0.2, 0) is 0 Å². The molecule has 0 radical (unpaired) electrons. The highest BCUT2D eigenvalue weighted by Gasteiger charge is 2.24. The topological polar surface area (TPSA) is 106 Å². The molecule has 1 fully saturated rings. The molecule has 9 nitrogen and oxygen atoms in total. The number of rotatable bonds is 5. The van der Waals surface area contributed by atoms with Gasteiger partial charge in [-0.25, -0.2) is 9.67 Å². The number of amides is 2. The van der Waals surface area contributed by atoms with Crippen LogP contribution in [0.5, 0.6) is 0 Å². The molecule has 1 aliphatic rings. The number of benzene rings is 1. The first-order valence-electron chi connectivity index (χ1n) is 9.00. The predicted octanol–water partition coefficient (Wildman–Crippen LogP) is 1.40. The number of aromatic nitrogens is 5. The first-order valence-corrected chi connectivity index (χ1v) is 9.94. The summed E-state index contributed by atoms with van der Waals surface area (Å²) < 4.78 is 1.54. The number of nitrogens with one attached hydrogen (secondary N) is 1. The summed E-state index contributed by atoms with van der Waals surface area (Å²) in [6, 6.07) is 7.23. The molecule has 0 aliphatic carbocycles. The van der Waals surface area contributed by atoms with Gasteiger partial charge in [0.2, 0.25) is 0 Å². The highest BCUT2D eigenvalue weighted by atomic mass is 32.1. The molecule has 0 saturated carbocycles. The van der Waals surface area contributed by atoms with Gasteiger partial charge in [0.05, 0.1) is 11.2 Å². The molecule has 3 aromatic rings. The highest BCUT2D eigenvalue weighted by Crippen LogP contribution is 2.19. The molecular formula is C18H19N7O2S. The number of nitrogens with zero attached hydrogens (tertiary/aromatic N) is 6. The zero-order valence-corrected chi connectivity index (χ0v) is 15.9. The Hall–Kier alpha value is -3.14. The second-order valence-electron chi connectivity index (χ2n) is 6.62. The minimum atomic E-state index is -0.137. The lowest BCUT2D eigenvalue weighted by atomic mass is 9.96. The Labute approximate surface area is 165 Å². The first kappa shape index (κ1) is 18.2. The minimum Gasteiger partial charge on any atom is -0.350 e. The largest absolute Gasteiger partial charge is 0.350 e. The van der Waals surface area contributed by atoms with Crippen molar-refractivity contribution in [2.45, 2.75) is 12.8 Å². The second-order valence-corrected chi connectivity index (χ2v) is 7.34. The summed E-state index contributed by atoms with van der Waals surface area (Å²) in [5.41, 5.74) is 3.56. The molecule has 28 heavy (non-hydrogen) atoms. The van der Waals surface area contributed by atoms with Crippen LogP contribution in [0, 0.1) is 5.92 Å². The third kappa shape index (κ3) is 4.06. The van der Waals surface area contributed by atoms with Crippen molar-refractivity contribution in [3.05, 3.63) is 52.7 Å². The zero-order chi connectivity index (χ0) is 19.3. The van der Waals surface area contributed by atoms with Gasteiger partial charge in [-0.05, 0) is 53.5 Å². The van der Waals surface area contributed by atoms with Gasteiger partial charge in [-0.15, -0.1) is 16.4 Å². The van der Waals surface area contributed by atoms with E-state index in [9.17, 15) is 9.59 Å². The predicted molar refractivity (Wildman–Crippen MR) is 102 cm³/mol. The number of carbonyl (C=O) groups is 2. The van der Waals surface area contributed by atoms with Gasteiger partial charge < -0.3 is 10.2 Å². The normalized spacial score (nSPS) is 14.8. The molecule has 0 unspecified atom stereocenters.